The van der Waals surface area contributed by atoms with Gasteiger partial charge in [0.2, 0.25) is 6.29 Å². The third kappa shape index (κ3) is 5.58. The molecule has 2 aromatic carbocycles. The predicted octanol–water partition coefficient (Wildman–Crippen LogP) is -1.46. The Bertz CT molecular complexity index is 1300. The van der Waals surface area contributed by atoms with Crippen molar-refractivity contribution < 1.29 is 74.4 Å². The quantitative estimate of drug-likeness (QED) is 0.173. The van der Waals surface area contributed by atoms with Crippen molar-refractivity contribution in [1.82, 2.24) is 0 Å². The van der Waals surface area contributed by atoms with E-state index in [1.54, 1.807) is 0 Å². The van der Waals surface area contributed by atoms with E-state index in [0.717, 1.165) is 6.07 Å². The van der Waals surface area contributed by atoms with E-state index in [-0.39, 0.29) is 29.2 Å². The lowest BCUT2D eigenvalue weighted by Crippen LogP contribution is -2.64. The molecule has 42 heavy (non-hydrogen) atoms. The van der Waals surface area contributed by atoms with Crippen LogP contribution in [0, 0.1) is 0 Å². The molecule has 11 atom stereocenters. The van der Waals surface area contributed by atoms with Crippen molar-refractivity contribution in [2.45, 2.75) is 80.9 Å². The number of fused-ring (bicyclic) bond motifs is 1. The molecule has 0 bridgehead atoms. The number of hydrogen-bond donors (Lipinski definition) is 9. The van der Waals surface area contributed by atoms with Gasteiger partial charge in [-0.3, -0.25) is 4.79 Å². The van der Waals surface area contributed by atoms with Gasteiger partial charge in [-0.1, -0.05) is 6.07 Å². The summed E-state index contributed by atoms with van der Waals surface area (Å²) in [5, 5.41) is 91.6. The zero-order valence-electron chi connectivity index (χ0n) is 22.1. The Morgan fingerprint density at radius 1 is 0.833 bits per heavy atom. The Balaban J connectivity index is 1.42. The lowest BCUT2D eigenvalue weighted by atomic mass is 9.95. The van der Waals surface area contributed by atoms with E-state index in [2.05, 4.69) is 0 Å². The van der Waals surface area contributed by atoms with Gasteiger partial charge in [-0.05, 0) is 24.6 Å². The van der Waals surface area contributed by atoms with Crippen molar-refractivity contribution in [3.05, 3.63) is 41.5 Å². The van der Waals surface area contributed by atoms with E-state index in [4.69, 9.17) is 23.7 Å². The third-order valence-electron chi connectivity index (χ3n) is 7.52. The van der Waals surface area contributed by atoms with Crippen LogP contribution in [0.15, 0.2) is 30.3 Å². The summed E-state index contributed by atoms with van der Waals surface area (Å²) in [4.78, 5) is 12.9. The fraction of sp³-hybridized carbons (Fsp3) is 0.519. The van der Waals surface area contributed by atoms with Crippen LogP contribution in [0.5, 0.6) is 28.7 Å². The molecule has 0 aromatic heterocycles. The Hall–Kier alpha value is -3.25. The number of aliphatic hydroxyl groups excluding tert-OH is 6. The molecule has 0 aliphatic carbocycles. The minimum absolute atomic E-state index is 0.0941. The van der Waals surface area contributed by atoms with Gasteiger partial charge in [-0.2, -0.15) is 0 Å². The van der Waals surface area contributed by atoms with Gasteiger partial charge < -0.3 is 69.6 Å². The molecule has 15 nitrogen and oxygen atoms in total. The average molecular weight is 597 g/mol. The predicted molar refractivity (Wildman–Crippen MR) is 136 cm³/mol. The molecule has 0 spiro atoms. The normalized spacial score (nSPS) is 36.6. The number of aliphatic hydroxyl groups is 6. The smallest absolute Gasteiger partial charge is 0.229 e. The second kappa shape index (κ2) is 11.8. The maximum atomic E-state index is 12.9. The number of aromatic hydroxyl groups is 3. The molecule has 2 saturated heterocycles. The van der Waals surface area contributed by atoms with Gasteiger partial charge >= 0.3 is 0 Å². The third-order valence-corrected chi connectivity index (χ3v) is 7.52. The van der Waals surface area contributed by atoms with E-state index in [0.29, 0.717) is 5.56 Å². The fourth-order valence-electron chi connectivity index (χ4n) is 5.12. The first-order chi connectivity index (χ1) is 19.9. The van der Waals surface area contributed by atoms with Crippen LogP contribution in [0.4, 0.5) is 0 Å². The summed E-state index contributed by atoms with van der Waals surface area (Å²) >= 11 is 0. The number of Topliss-reactive ketones (excluding diaryl/α,β-unsaturated/α-hetero) is 1. The molecule has 230 valence electrons. The molecular formula is C27H32O15. The molecule has 5 rings (SSSR count). The monoisotopic (exact) mass is 596 g/mol. The summed E-state index contributed by atoms with van der Waals surface area (Å²) < 4.78 is 28.4. The minimum atomic E-state index is -1.77. The van der Waals surface area contributed by atoms with Crippen molar-refractivity contribution in [2.24, 2.45) is 0 Å². The van der Waals surface area contributed by atoms with Gasteiger partial charge in [0.1, 0.15) is 65.5 Å². The van der Waals surface area contributed by atoms with E-state index in [9.17, 15) is 50.8 Å². The highest BCUT2D eigenvalue weighted by Gasteiger charge is 2.51. The topological polar surface area (TPSA) is 245 Å². The van der Waals surface area contributed by atoms with Crippen LogP contribution in [-0.4, -0.2) is 120 Å². The van der Waals surface area contributed by atoms with Crippen molar-refractivity contribution in [3.63, 3.8) is 0 Å². The number of ketones is 1. The van der Waals surface area contributed by atoms with Crippen LogP contribution in [-0.2, 0) is 14.2 Å². The minimum Gasteiger partial charge on any atom is -0.507 e. The summed E-state index contributed by atoms with van der Waals surface area (Å²) in [6.45, 7) is 0.683. The first-order valence-corrected chi connectivity index (χ1v) is 13.1. The zero-order chi connectivity index (χ0) is 30.5. The summed E-state index contributed by atoms with van der Waals surface area (Å²) in [6, 6.07) is 6.25. The van der Waals surface area contributed by atoms with Gasteiger partial charge in [-0.25, -0.2) is 0 Å². The molecule has 9 N–H and O–H groups in total. The van der Waals surface area contributed by atoms with Crippen molar-refractivity contribution in [2.75, 3.05) is 6.61 Å². The second-order valence-corrected chi connectivity index (χ2v) is 10.4. The molecule has 3 aliphatic rings. The van der Waals surface area contributed by atoms with E-state index >= 15 is 0 Å². The first-order valence-electron chi connectivity index (χ1n) is 13.1. The number of carbonyl (C=O) groups is 1. The lowest BCUT2D eigenvalue weighted by Gasteiger charge is -2.45. The van der Waals surface area contributed by atoms with Gasteiger partial charge in [0.15, 0.2) is 29.7 Å². The van der Waals surface area contributed by atoms with Gasteiger partial charge in [0.05, 0.1) is 19.1 Å². The molecule has 0 amide bonds. The average Bonchev–Trinajstić information content (AvgIpc) is 2.95. The van der Waals surface area contributed by atoms with Crippen LogP contribution >= 0.6 is 0 Å². The number of phenolic OH excluding ortho intramolecular Hbond substituents is 3. The van der Waals surface area contributed by atoms with Gasteiger partial charge in [0, 0.05) is 12.1 Å². The molecule has 2 aromatic rings. The zero-order valence-corrected chi connectivity index (χ0v) is 22.1. The summed E-state index contributed by atoms with van der Waals surface area (Å²) in [7, 11) is 0. The summed E-state index contributed by atoms with van der Waals surface area (Å²) in [5.41, 5.74) is 0.234. The second-order valence-electron chi connectivity index (χ2n) is 10.4. The van der Waals surface area contributed by atoms with Crippen molar-refractivity contribution >= 4 is 5.78 Å². The highest BCUT2D eigenvalue weighted by molar-refractivity contribution is 6.02. The summed E-state index contributed by atoms with van der Waals surface area (Å²) in [6.07, 6.45) is -16.5. The molecule has 15 heteroatoms. The number of carbonyl (C=O) groups excluding carboxylic acids is 1. The largest absolute Gasteiger partial charge is 0.507 e. The van der Waals surface area contributed by atoms with Crippen LogP contribution in [0.2, 0.25) is 0 Å². The standard InChI is InChI=1S/C27H32O15/c1-9-20(33)22(35)24(37)26(38-9)42-25-23(36)21(34)18(8-28)41-27(25)39-11-5-14(31)19-15(32)7-16(40-17(19)6-11)10-2-3-12(29)13(30)4-10/h2-6,9,16,18,20-31,33-37H,7-8H2,1H3/t9-,16?,18+,20-,21+,22+,23-,24+,25+,26?,27+/m0/s1. The van der Waals surface area contributed by atoms with Crippen molar-refractivity contribution in [3.8, 4) is 28.7 Å². The molecule has 3 aliphatic heterocycles. The fourth-order valence-corrected chi connectivity index (χ4v) is 5.12. The van der Waals surface area contributed by atoms with E-state index in [1.165, 1.54) is 31.2 Å². The number of benzene rings is 2. The maximum absolute atomic E-state index is 12.9. The molecule has 0 radical (unpaired) electrons. The number of rotatable bonds is 6. The number of hydrogen-bond acceptors (Lipinski definition) is 15. The number of ether oxygens (including phenoxy) is 5. The molecule has 2 fully saturated rings. The molecule has 0 saturated carbocycles. The van der Waals surface area contributed by atoms with Crippen molar-refractivity contribution in [1.29, 1.82) is 0 Å². The SMILES string of the molecule is C[C@@H]1OC(O[C@H]2[C@H](Oc3cc(O)c4c(c3)OC(c3ccc(O)c(O)c3)CC4=O)O[C@H](CO)[C@@H](O)[C@@H]2O)[C@H](O)[C@H](O)[C@H]1O. The summed E-state index contributed by atoms with van der Waals surface area (Å²) in [5.74, 6) is -2.02. The Kier molecular flexibility index (Phi) is 8.48. The maximum Gasteiger partial charge on any atom is 0.229 e. The lowest BCUT2D eigenvalue weighted by molar-refractivity contribution is -0.354. The van der Waals surface area contributed by atoms with Gasteiger partial charge in [0.25, 0.3) is 0 Å². The van der Waals surface area contributed by atoms with E-state index < -0.39 is 91.4 Å². The molecule has 3 heterocycles. The Morgan fingerprint density at radius 3 is 2.26 bits per heavy atom. The van der Waals surface area contributed by atoms with Crippen LogP contribution in [0.3, 0.4) is 0 Å². The highest BCUT2D eigenvalue weighted by Crippen LogP contribution is 2.43. The van der Waals surface area contributed by atoms with Crippen LogP contribution in [0.1, 0.15) is 35.4 Å². The van der Waals surface area contributed by atoms with E-state index in [1.807, 2.05) is 0 Å². The molecule has 2 unspecified atom stereocenters. The number of phenols is 3. The van der Waals surface area contributed by atoms with Gasteiger partial charge in [-0.15, -0.1) is 0 Å². The highest BCUT2D eigenvalue weighted by atomic mass is 16.8. The molecular weight excluding hydrogens is 564 g/mol. The van der Waals surface area contributed by atoms with Crippen LogP contribution < -0.4 is 9.47 Å². The Morgan fingerprint density at radius 2 is 1.57 bits per heavy atom. The first kappa shape index (κ1) is 30.2. The van der Waals surface area contributed by atoms with Crippen LogP contribution in [0.25, 0.3) is 0 Å². The Labute approximate surface area is 238 Å².